The number of nitrogens with two attached hydrogens (primary N) is 1. The quantitative estimate of drug-likeness (QED) is 0.619. The molecule has 0 saturated carbocycles. The van der Waals surface area contributed by atoms with Crippen LogP contribution < -0.4 is 29.6 Å². The van der Waals surface area contributed by atoms with Crippen molar-refractivity contribution in [1.29, 1.82) is 0 Å². The Morgan fingerprint density at radius 2 is 1.91 bits per heavy atom. The Hall–Kier alpha value is -3.95. The van der Waals surface area contributed by atoms with Gasteiger partial charge in [0, 0.05) is 37.6 Å². The highest BCUT2D eigenvalue weighted by Crippen LogP contribution is 2.34. The van der Waals surface area contributed by atoms with Gasteiger partial charge in [0.25, 0.3) is 5.91 Å². The molecule has 1 aromatic heterocycles. The van der Waals surface area contributed by atoms with Gasteiger partial charge >= 0.3 is 0 Å². The normalized spacial score (nSPS) is 27.1. The molecular weight excluding hydrogens is 426 g/mol. The van der Waals surface area contributed by atoms with E-state index in [1.165, 1.54) is 17.0 Å². The van der Waals surface area contributed by atoms with Gasteiger partial charge in [-0.25, -0.2) is 4.98 Å². The Bertz CT molecular complexity index is 1630. The van der Waals surface area contributed by atoms with Crippen LogP contribution in [0.25, 0.3) is 10.9 Å². The number of hydrogen-bond acceptors (Lipinski definition) is 9. The molecule has 3 aromatic rings. The highest BCUT2D eigenvalue weighted by molar-refractivity contribution is 5.91. The number of nitrogen functional groups attached to an aromatic ring is 1. The SMILES string of the molecule is [2H]c1c(OC([2H])([2H])[2H])c(OC([2H])([2H])[2H])c([2H])c2c(N)nc(N3CCN(C(=O)C4([2H])Oc5ccccc5OC4([2H])[2H])CC3)nc12. The van der Waals surface area contributed by atoms with Gasteiger partial charge in [-0.15, -0.1) is 0 Å². The molecule has 0 radical (unpaired) electrons. The number of rotatable bonds is 4. The Morgan fingerprint density at radius 1 is 1.18 bits per heavy atom. The number of nitrogens with zero attached hydrogens (tertiary/aromatic N) is 4. The second-order valence-electron chi connectivity index (χ2n) is 7.11. The summed E-state index contributed by atoms with van der Waals surface area (Å²) in [6, 6.07) is 4.69. The summed E-state index contributed by atoms with van der Waals surface area (Å²) in [7, 11) is -6.25. The summed E-state index contributed by atoms with van der Waals surface area (Å²) in [5.74, 6) is -2.95. The fraction of sp³-hybridized carbons (Fsp3) is 0.348. The molecule has 1 fully saturated rings. The third-order valence-electron chi connectivity index (χ3n) is 5.16. The van der Waals surface area contributed by atoms with Crippen molar-refractivity contribution in [2.75, 3.05) is 57.4 Å². The van der Waals surface area contributed by atoms with Crippen LogP contribution in [0, 0.1) is 0 Å². The number of fused-ring (bicyclic) bond motifs is 2. The van der Waals surface area contributed by atoms with Gasteiger partial charge in [0.05, 0.1) is 34.7 Å². The van der Waals surface area contributed by atoms with Crippen LogP contribution in [0.5, 0.6) is 23.0 Å². The number of hydrogen-bond donors (Lipinski definition) is 1. The van der Waals surface area contributed by atoms with E-state index in [4.69, 9.17) is 39.8 Å². The van der Waals surface area contributed by atoms with E-state index < -0.39 is 56.2 Å². The zero-order valence-electron chi connectivity index (χ0n) is 28.0. The standard InChI is InChI=1S/C23H25N5O5/c1-30-18-11-14-15(12-19(18)31-2)25-23(26-21(14)24)28-9-7-27(8-10-28)22(29)20-13-32-16-5-3-4-6-17(16)33-20/h3-6,11-12,20H,7-10,13H2,1-2H3,(H2,24,25,26)/i1D3,2D3,11D,12D,13D2,20D. The van der Waals surface area contributed by atoms with Crippen molar-refractivity contribution in [3.05, 3.63) is 36.4 Å². The first kappa shape index (κ1) is 11.8. The third-order valence-corrected chi connectivity index (χ3v) is 5.16. The summed E-state index contributed by atoms with van der Waals surface area (Å²) >= 11 is 0. The van der Waals surface area contributed by atoms with Crippen LogP contribution in [0.2, 0.25) is 0 Å². The molecule has 1 amide bonds. The van der Waals surface area contributed by atoms with Gasteiger partial charge in [-0.1, -0.05) is 12.1 Å². The van der Waals surface area contributed by atoms with Crippen LogP contribution in [0.4, 0.5) is 11.8 Å². The molecule has 1 atom stereocenters. The maximum absolute atomic E-state index is 13.4. The number of aromatic nitrogens is 2. The third kappa shape index (κ3) is 3.88. The average Bonchev–Trinajstić information content (AvgIpc) is 2.92. The lowest BCUT2D eigenvalue weighted by Gasteiger charge is -2.37. The number of ether oxygens (including phenoxy) is 4. The maximum Gasteiger partial charge on any atom is 0.267 e. The molecule has 2 aliphatic heterocycles. The monoisotopic (exact) mass is 462 g/mol. The molecule has 0 bridgehead atoms. The Kier molecular flexibility index (Phi) is 3.05. The maximum atomic E-state index is 13.4. The molecule has 2 aromatic carbocycles. The van der Waals surface area contributed by atoms with Crippen molar-refractivity contribution < 1.29 is 38.8 Å². The Morgan fingerprint density at radius 3 is 2.67 bits per heavy atom. The first-order valence-corrected chi connectivity index (χ1v) is 9.81. The predicted octanol–water partition coefficient (Wildman–Crippen LogP) is 1.72. The molecule has 2 aliphatic rings. The van der Waals surface area contributed by atoms with Crippen LogP contribution >= 0.6 is 0 Å². The number of carbonyl (C=O) groups is 1. The minimum absolute atomic E-state index is 0.0297. The fourth-order valence-corrected chi connectivity index (χ4v) is 3.49. The van der Waals surface area contributed by atoms with Crippen molar-refractivity contribution in [2.24, 2.45) is 0 Å². The van der Waals surface area contributed by atoms with Gasteiger partial charge in [0.2, 0.25) is 12.0 Å². The minimum atomic E-state index is -3.13. The lowest BCUT2D eigenvalue weighted by Crippen LogP contribution is -2.54. The van der Waals surface area contributed by atoms with Gasteiger partial charge in [0.15, 0.2) is 23.0 Å². The highest BCUT2D eigenvalue weighted by atomic mass is 16.6. The Balaban J connectivity index is 1.43. The van der Waals surface area contributed by atoms with E-state index in [2.05, 4.69) is 9.97 Å². The van der Waals surface area contributed by atoms with E-state index in [-0.39, 0.29) is 60.3 Å². The van der Waals surface area contributed by atoms with E-state index in [1.54, 1.807) is 17.0 Å². The molecule has 33 heavy (non-hydrogen) atoms. The smallest absolute Gasteiger partial charge is 0.267 e. The highest BCUT2D eigenvalue weighted by Gasteiger charge is 2.33. The van der Waals surface area contributed by atoms with Crippen molar-refractivity contribution in [2.45, 2.75) is 6.08 Å². The van der Waals surface area contributed by atoms with E-state index in [9.17, 15) is 4.79 Å². The Labute approximate surface area is 206 Å². The molecule has 1 saturated heterocycles. The molecule has 0 spiro atoms. The predicted molar refractivity (Wildman–Crippen MR) is 122 cm³/mol. The van der Waals surface area contributed by atoms with Gasteiger partial charge in [-0.3, -0.25) is 4.79 Å². The van der Waals surface area contributed by atoms with Crippen molar-refractivity contribution in [1.82, 2.24) is 14.9 Å². The van der Waals surface area contributed by atoms with E-state index in [0.29, 0.717) is 0 Å². The zero-order valence-corrected chi connectivity index (χ0v) is 17.0. The molecule has 5 rings (SSSR count). The summed E-state index contributed by atoms with van der Waals surface area (Å²) in [4.78, 5) is 24.7. The number of methoxy groups -OCH3 is 2. The van der Waals surface area contributed by atoms with E-state index in [0.717, 1.165) is 0 Å². The molecule has 2 N–H and O–H groups in total. The van der Waals surface area contributed by atoms with E-state index in [1.807, 2.05) is 0 Å². The molecule has 172 valence electrons. The fourth-order valence-electron chi connectivity index (χ4n) is 3.49. The van der Waals surface area contributed by atoms with Crippen LogP contribution in [-0.2, 0) is 4.79 Å². The molecule has 3 heterocycles. The summed E-state index contributed by atoms with van der Waals surface area (Å²) in [6.07, 6.45) is -2.74. The van der Waals surface area contributed by atoms with Crippen molar-refractivity contribution in [3.63, 3.8) is 0 Å². The lowest BCUT2D eigenvalue weighted by molar-refractivity contribution is -0.141. The van der Waals surface area contributed by atoms with Gasteiger partial charge in [-0.05, 0) is 18.2 Å². The first-order chi connectivity index (χ1) is 20.3. The number of carbonyl (C=O) groups excluding carboxylic acids is 1. The molecular formula is C23H25N5O5. The van der Waals surface area contributed by atoms with Gasteiger partial charge < -0.3 is 34.5 Å². The lowest BCUT2D eigenvalue weighted by atomic mass is 10.2. The summed E-state index contributed by atoms with van der Waals surface area (Å²) < 4.78 is 107. The van der Waals surface area contributed by atoms with Gasteiger partial charge in [-0.2, -0.15) is 4.98 Å². The van der Waals surface area contributed by atoms with Crippen molar-refractivity contribution in [3.8, 4) is 23.0 Å². The molecule has 10 heteroatoms. The topological polar surface area (TPSA) is 112 Å². The van der Waals surface area contributed by atoms with Crippen LogP contribution in [0.1, 0.15) is 15.1 Å². The molecule has 0 aliphatic carbocycles. The summed E-state index contributed by atoms with van der Waals surface area (Å²) in [5.41, 5.74) is 5.80. The number of benzene rings is 2. The molecule has 10 nitrogen and oxygen atoms in total. The van der Waals surface area contributed by atoms with Crippen LogP contribution in [0.15, 0.2) is 36.4 Å². The zero-order chi connectivity index (χ0) is 32.4. The van der Waals surface area contributed by atoms with Crippen LogP contribution in [0.3, 0.4) is 0 Å². The number of para-hydroxylation sites is 2. The van der Waals surface area contributed by atoms with E-state index >= 15 is 0 Å². The number of piperazine rings is 1. The van der Waals surface area contributed by atoms with Crippen molar-refractivity contribution >= 4 is 28.6 Å². The first-order valence-electron chi connectivity index (χ1n) is 15.3. The largest absolute Gasteiger partial charge is 0.493 e. The summed E-state index contributed by atoms with van der Waals surface area (Å²) in [6.45, 7) is -2.75. The average molecular weight is 463 g/mol. The molecule has 1 unspecified atom stereocenters. The van der Waals surface area contributed by atoms with Crippen LogP contribution in [-0.4, -0.2) is 73.7 Å². The number of amides is 1. The number of anilines is 2. The minimum Gasteiger partial charge on any atom is -0.493 e. The second-order valence-corrected chi connectivity index (χ2v) is 7.11. The summed E-state index contributed by atoms with van der Waals surface area (Å²) in [5, 5.41) is -0.266. The second kappa shape index (κ2) is 8.53. The van der Waals surface area contributed by atoms with Gasteiger partial charge in [0.1, 0.15) is 12.4 Å².